The van der Waals surface area contributed by atoms with Crippen molar-refractivity contribution in [3.8, 4) is 11.5 Å². The highest BCUT2D eigenvalue weighted by atomic mass is 32.2. The molecular weight excluding hydrogens is 340 g/mol. The van der Waals surface area contributed by atoms with Gasteiger partial charge in [0.25, 0.3) is 0 Å². The molecule has 0 aliphatic carbocycles. The van der Waals surface area contributed by atoms with E-state index in [1.54, 1.807) is 48.9 Å². The van der Waals surface area contributed by atoms with E-state index in [0.717, 1.165) is 5.39 Å². The van der Waals surface area contributed by atoms with Crippen LogP contribution in [0.25, 0.3) is 22.4 Å². The van der Waals surface area contributed by atoms with Gasteiger partial charge in [0.05, 0.1) is 18.3 Å². The first-order chi connectivity index (χ1) is 12.1. The maximum Gasteiger partial charge on any atom is 0.243 e. The third kappa shape index (κ3) is 3.07. The minimum atomic E-state index is -3.73. The van der Waals surface area contributed by atoms with Crippen molar-refractivity contribution in [3.05, 3.63) is 72.8 Å². The first kappa shape index (κ1) is 15.6. The Hall–Kier alpha value is -2.90. The van der Waals surface area contributed by atoms with E-state index in [9.17, 15) is 8.42 Å². The zero-order chi connectivity index (χ0) is 17.3. The molecule has 25 heavy (non-hydrogen) atoms. The highest BCUT2D eigenvalue weighted by molar-refractivity contribution is 7.89. The number of fused-ring (bicyclic) bond motifs is 1. The predicted octanol–water partition coefficient (Wildman–Crippen LogP) is 3.57. The maximum absolute atomic E-state index is 12.6. The SMILES string of the molecule is O=S(=O)(NCc1ccc(-c2ccco2)o1)c1cccc2cccnc12. The summed E-state index contributed by atoms with van der Waals surface area (Å²) >= 11 is 0. The number of para-hydroxylation sites is 1. The van der Waals surface area contributed by atoms with Crippen LogP contribution in [0.15, 0.2) is 80.8 Å². The third-order valence-electron chi connectivity index (χ3n) is 3.75. The summed E-state index contributed by atoms with van der Waals surface area (Å²) in [4.78, 5) is 4.33. The molecule has 0 bridgehead atoms. The van der Waals surface area contributed by atoms with E-state index in [0.29, 0.717) is 22.8 Å². The molecule has 0 aliphatic rings. The van der Waals surface area contributed by atoms with Crippen molar-refractivity contribution in [2.75, 3.05) is 0 Å². The van der Waals surface area contributed by atoms with E-state index in [1.165, 1.54) is 6.07 Å². The van der Waals surface area contributed by atoms with Crippen LogP contribution in [0.4, 0.5) is 0 Å². The van der Waals surface area contributed by atoms with Crippen LogP contribution < -0.4 is 4.72 Å². The lowest BCUT2D eigenvalue weighted by molar-refractivity contribution is 0.485. The van der Waals surface area contributed by atoms with Gasteiger partial charge in [0.2, 0.25) is 10.0 Å². The standard InChI is InChI=1S/C18H14N2O4S/c21-25(22,17-7-1-4-13-5-2-10-19-18(13)17)20-12-14-8-9-16(24-14)15-6-3-11-23-15/h1-11,20H,12H2. The fraction of sp³-hybridized carbons (Fsp3) is 0.0556. The zero-order valence-electron chi connectivity index (χ0n) is 13.0. The Kier molecular flexibility index (Phi) is 3.87. The quantitative estimate of drug-likeness (QED) is 0.592. The van der Waals surface area contributed by atoms with E-state index in [4.69, 9.17) is 8.83 Å². The van der Waals surface area contributed by atoms with Crippen LogP contribution in [0, 0.1) is 0 Å². The zero-order valence-corrected chi connectivity index (χ0v) is 13.9. The number of nitrogens with zero attached hydrogens (tertiary/aromatic N) is 1. The van der Waals surface area contributed by atoms with E-state index in [1.807, 2.05) is 12.1 Å². The van der Waals surface area contributed by atoms with Gasteiger partial charge in [-0.2, -0.15) is 0 Å². The predicted molar refractivity (Wildman–Crippen MR) is 92.2 cm³/mol. The second-order valence-corrected chi connectivity index (χ2v) is 7.13. The van der Waals surface area contributed by atoms with Gasteiger partial charge in [0.15, 0.2) is 11.5 Å². The molecule has 3 aromatic heterocycles. The molecule has 3 heterocycles. The molecule has 1 N–H and O–H groups in total. The lowest BCUT2D eigenvalue weighted by atomic mass is 10.2. The molecule has 1 aromatic carbocycles. The number of rotatable bonds is 5. The van der Waals surface area contributed by atoms with Crippen molar-refractivity contribution < 1.29 is 17.3 Å². The molecular formula is C18H14N2O4S. The molecule has 0 radical (unpaired) electrons. The van der Waals surface area contributed by atoms with Crippen LogP contribution in [0.5, 0.6) is 0 Å². The van der Waals surface area contributed by atoms with Gasteiger partial charge in [-0.15, -0.1) is 0 Å². The second kappa shape index (κ2) is 6.19. The minimum Gasteiger partial charge on any atom is -0.461 e. The molecule has 0 spiro atoms. The third-order valence-corrected chi connectivity index (χ3v) is 5.18. The highest BCUT2D eigenvalue weighted by Crippen LogP contribution is 2.23. The number of furan rings is 2. The monoisotopic (exact) mass is 354 g/mol. The van der Waals surface area contributed by atoms with Gasteiger partial charge >= 0.3 is 0 Å². The molecule has 126 valence electrons. The number of benzene rings is 1. The topological polar surface area (TPSA) is 85.3 Å². The Balaban J connectivity index is 1.58. The smallest absolute Gasteiger partial charge is 0.243 e. The van der Waals surface area contributed by atoms with Crippen LogP contribution in [-0.4, -0.2) is 13.4 Å². The van der Waals surface area contributed by atoms with Gasteiger partial charge in [-0.3, -0.25) is 4.98 Å². The first-order valence-electron chi connectivity index (χ1n) is 7.59. The van der Waals surface area contributed by atoms with Crippen molar-refractivity contribution in [2.24, 2.45) is 0 Å². The van der Waals surface area contributed by atoms with Gasteiger partial charge in [-0.25, -0.2) is 13.1 Å². The summed E-state index contributed by atoms with van der Waals surface area (Å²) in [6.45, 7) is 0.0340. The molecule has 4 aromatic rings. The van der Waals surface area contributed by atoms with Gasteiger partial charge in [0.1, 0.15) is 10.7 Å². The summed E-state index contributed by atoms with van der Waals surface area (Å²) in [5, 5.41) is 0.767. The summed E-state index contributed by atoms with van der Waals surface area (Å²) in [6, 6.07) is 15.6. The summed E-state index contributed by atoms with van der Waals surface area (Å²) in [7, 11) is -3.73. The molecule has 7 heteroatoms. The summed E-state index contributed by atoms with van der Waals surface area (Å²) in [5.74, 6) is 1.63. The molecule has 0 unspecified atom stereocenters. The number of hydrogen-bond acceptors (Lipinski definition) is 5. The van der Waals surface area contributed by atoms with Crippen LogP contribution >= 0.6 is 0 Å². The van der Waals surface area contributed by atoms with Crippen molar-refractivity contribution in [2.45, 2.75) is 11.4 Å². The van der Waals surface area contributed by atoms with Crippen LogP contribution in [0.1, 0.15) is 5.76 Å². The normalized spacial score (nSPS) is 11.8. The number of nitrogens with one attached hydrogen (secondary N) is 1. The van der Waals surface area contributed by atoms with Gasteiger partial charge in [-0.05, 0) is 36.4 Å². The second-order valence-electron chi connectivity index (χ2n) is 5.40. The van der Waals surface area contributed by atoms with Crippen molar-refractivity contribution in [1.29, 1.82) is 0 Å². The molecule has 0 atom stereocenters. The fourth-order valence-electron chi connectivity index (χ4n) is 2.56. The van der Waals surface area contributed by atoms with Gasteiger partial charge in [0, 0.05) is 11.6 Å². The Labute approximate surface area is 144 Å². The molecule has 0 aliphatic heterocycles. The Bertz CT molecular complexity index is 1110. The molecule has 6 nitrogen and oxygen atoms in total. The fourth-order valence-corrected chi connectivity index (χ4v) is 3.73. The number of hydrogen-bond donors (Lipinski definition) is 1. The average molecular weight is 354 g/mol. The molecule has 0 saturated carbocycles. The van der Waals surface area contributed by atoms with E-state index in [2.05, 4.69) is 9.71 Å². The van der Waals surface area contributed by atoms with Crippen LogP contribution in [0.2, 0.25) is 0 Å². The van der Waals surface area contributed by atoms with Crippen molar-refractivity contribution >= 4 is 20.9 Å². The van der Waals surface area contributed by atoms with Crippen LogP contribution in [0.3, 0.4) is 0 Å². The number of pyridine rings is 1. The molecule has 4 rings (SSSR count). The number of sulfonamides is 1. The Morgan fingerprint density at radius 2 is 1.84 bits per heavy atom. The van der Waals surface area contributed by atoms with Crippen molar-refractivity contribution in [3.63, 3.8) is 0 Å². The van der Waals surface area contributed by atoms with Crippen molar-refractivity contribution in [1.82, 2.24) is 9.71 Å². The highest BCUT2D eigenvalue weighted by Gasteiger charge is 2.18. The van der Waals surface area contributed by atoms with E-state index < -0.39 is 10.0 Å². The lowest BCUT2D eigenvalue weighted by Gasteiger charge is -2.08. The van der Waals surface area contributed by atoms with E-state index >= 15 is 0 Å². The number of aromatic nitrogens is 1. The largest absolute Gasteiger partial charge is 0.461 e. The first-order valence-corrected chi connectivity index (χ1v) is 9.08. The Morgan fingerprint density at radius 3 is 2.68 bits per heavy atom. The van der Waals surface area contributed by atoms with Gasteiger partial charge in [-0.1, -0.05) is 18.2 Å². The molecule has 0 saturated heterocycles. The minimum absolute atomic E-state index is 0.0340. The van der Waals surface area contributed by atoms with Gasteiger partial charge < -0.3 is 8.83 Å². The Morgan fingerprint density at radius 1 is 0.960 bits per heavy atom. The average Bonchev–Trinajstić information content (AvgIpc) is 3.31. The maximum atomic E-state index is 12.6. The molecule has 0 amide bonds. The van der Waals surface area contributed by atoms with Crippen LogP contribution in [-0.2, 0) is 16.6 Å². The van der Waals surface area contributed by atoms with E-state index in [-0.39, 0.29) is 11.4 Å². The lowest BCUT2D eigenvalue weighted by Crippen LogP contribution is -2.23. The molecule has 0 fully saturated rings. The summed E-state index contributed by atoms with van der Waals surface area (Å²) in [6.07, 6.45) is 3.12. The summed E-state index contributed by atoms with van der Waals surface area (Å²) in [5.41, 5.74) is 0.438. The summed E-state index contributed by atoms with van der Waals surface area (Å²) < 4.78 is 38.7.